The van der Waals surface area contributed by atoms with Crippen LogP contribution in [0.2, 0.25) is 0 Å². The number of ether oxygens (including phenoxy) is 1. The first-order chi connectivity index (χ1) is 9.76. The van der Waals surface area contributed by atoms with Crippen LogP contribution in [0.25, 0.3) is 10.9 Å². The minimum Gasteiger partial charge on any atom is -0.444 e. The van der Waals surface area contributed by atoms with Crippen molar-refractivity contribution in [2.24, 2.45) is 0 Å². The third kappa shape index (κ3) is 4.24. The lowest BCUT2D eigenvalue weighted by Crippen LogP contribution is -2.34. The summed E-state index contributed by atoms with van der Waals surface area (Å²) in [5.74, 6) is 0. The van der Waals surface area contributed by atoms with Crippen LogP contribution in [0.4, 0.5) is 4.79 Å². The van der Waals surface area contributed by atoms with Gasteiger partial charge in [0.25, 0.3) is 0 Å². The van der Waals surface area contributed by atoms with Gasteiger partial charge in [-0.2, -0.15) is 0 Å². The normalized spacial score (nSPS) is 11.7. The molecule has 1 aromatic heterocycles. The molecule has 0 unspecified atom stereocenters. The number of aromatic nitrogens is 1. The van der Waals surface area contributed by atoms with Crippen molar-refractivity contribution in [3.8, 4) is 0 Å². The number of nitrogens with one attached hydrogen (secondary N) is 1. The molecule has 2 rings (SSSR count). The van der Waals surface area contributed by atoms with Gasteiger partial charge in [0.1, 0.15) is 5.60 Å². The number of alkyl carbamates (subject to hydrolysis) is 1. The first-order valence-electron chi connectivity index (χ1n) is 6.98. The molecule has 0 aliphatic rings. The fraction of sp³-hybridized carbons (Fsp3) is 0.438. The quantitative estimate of drug-likeness (QED) is 0.897. The predicted octanol–water partition coefficient (Wildman–Crippen LogP) is 4.24. The molecule has 0 saturated heterocycles. The molecule has 0 aliphatic heterocycles. The molecule has 1 amide bonds. The maximum absolute atomic E-state index is 11.6. The molecular formula is C16H21BrN2O2. The molecule has 1 heterocycles. The van der Waals surface area contributed by atoms with Gasteiger partial charge in [0.15, 0.2) is 0 Å². The van der Waals surface area contributed by atoms with Crippen LogP contribution in [-0.4, -0.2) is 22.8 Å². The molecule has 0 saturated carbocycles. The zero-order valence-corrected chi connectivity index (χ0v) is 14.5. The Hall–Kier alpha value is -1.49. The third-order valence-electron chi connectivity index (χ3n) is 3.00. The van der Waals surface area contributed by atoms with Gasteiger partial charge in [-0.05, 0) is 51.5 Å². The lowest BCUT2D eigenvalue weighted by Gasteiger charge is -2.19. The molecular weight excluding hydrogens is 332 g/mol. The number of amides is 1. The Kier molecular flexibility index (Phi) is 4.61. The summed E-state index contributed by atoms with van der Waals surface area (Å²) >= 11 is 3.58. The number of carbonyl (C=O) groups is 1. The van der Waals surface area contributed by atoms with Crippen LogP contribution in [0.3, 0.4) is 0 Å². The summed E-state index contributed by atoms with van der Waals surface area (Å²) in [4.78, 5) is 11.6. The van der Waals surface area contributed by atoms with Crippen LogP contribution in [0.5, 0.6) is 0 Å². The first kappa shape index (κ1) is 15.9. The Morgan fingerprint density at radius 1 is 1.38 bits per heavy atom. The largest absolute Gasteiger partial charge is 0.444 e. The molecule has 0 radical (unpaired) electrons. The Bertz CT molecular complexity index is 656. The molecule has 0 atom stereocenters. The summed E-state index contributed by atoms with van der Waals surface area (Å²) in [7, 11) is 0. The van der Waals surface area contributed by atoms with Crippen molar-refractivity contribution in [2.45, 2.75) is 39.8 Å². The highest BCUT2D eigenvalue weighted by Gasteiger charge is 2.15. The minimum absolute atomic E-state index is 0.378. The van der Waals surface area contributed by atoms with Crippen LogP contribution < -0.4 is 5.32 Å². The lowest BCUT2D eigenvalue weighted by molar-refractivity contribution is 0.0526. The van der Waals surface area contributed by atoms with Crippen LogP contribution in [0.1, 0.15) is 26.3 Å². The van der Waals surface area contributed by atoms with Gasteiger partial charge >= 0.3 is 6.09 Å². The van der Waals surface area contributed by atoms with Gasteiger partial charge in [0, 0.05) is 34.7 Å². The van der Waals surface area contributed by atoms with Gasteiger partial charge in [0.2, 0.25) is 0 Å². The number of hydrogen-bond donors (Lipinski definition) is 1. The summed E-state index contributed by atoms with van der Waals surface area (Å²) < 4.78 is 8.44. The minimum atomic E-state index is -0.466. The van der Waals surface area contributed by atoms with Crippen LogP contribution in [-0.2, 0) is 11.3 Å². The van der Waals surface area contributed by atoms with E-state index in [0.29, 0.717) is 13.1 Å². The van der Waals surface area contributed by atoms with E-state index < -0.39 is 5.60 Å². The fourth-order valence-electron chi connectivity index (χ4n) is 2.17. The molecule has 4 nitrogen and oxygen atoms in total. The van der Waals surface area contributed by atoms with Crippen molar-refractivity contribution in [1.82, 2.24) is 9.88 Å². The van der Waals surface area contributed by atoms with Gasteiger partial charge in [-0.3, -0.25) is 0 Å². The number of fused-ring (bicyclic) bond motifs is 1. The zero-order valence-electron chi connectivity index (χ0n) is 12.9. The van der Waals surface area contributed by atoms with Crippen molar-refractivity contribution < 1.29 is 9.53 Å². The molecule has 5 heteroatoms. The molecule has 1 aromatic carbocycles. The average Bonchev–Trinajstić information content (AvgIpc) is 2.70. The number of aryl methyl sites for hydroxylation is 1. The van der Waals surface area contributed by atoms with Crippen molar-refractivity contribution >= 4 is 32.9 Å². The zero-order chi connectivity index (χ0) is 15.6. The smallest absolute Gasteiger partial charge is 0.407 e. The summed E-state index contributed by atoms with van der Waals surface area (Å²) in [5.41, 5.74) is 1.90. The van der Waals surface area contributed by atoms with E-state index in [1.54, 1.807) is 0 Å². The average molecular weight is 353 g/mol. The van der Waals surface area contributed by atoms with Gasteiger partial charge in [-0.25, -0.2) is 4.79 Å². The van der Waals surface area contributed by atoms with Crippen LogP contribution in [0, 0.1) is 6.92 Å². The Labute approximate surface area is 133 Å². The number of halogens is 1. The van der Waals surface area contributed by atoms with E-state index in [2.05, 4.69) is 50.9 Å². The Morgan fingerprint density at radius 3 is 2.76 bits per heavy atom. The number of rotatable bonds is 3. The SMILES string of the molecule is Cc1cc(Br)c2ccn(CCNC(=O)OC(C)(C)C)c2c1. The molecule has 0 spiro atoms. The maximum atomic E-state index is 11.6. The second kappa shape index (κ2) is 6.10. The molecule has 1 N–H and O–H groups in total. The van der Waals surface area contributed by atoms with Crippen LogP contribution in [0.15, 0.2) is 28.9 Å². The van der Waals surface area contributed by atoms with E-state index in [4.69, 9.17) is 4.74 Å². The fourth-order valence-corrected chi connectivity index (χ4v) is 2.87. The van der Waals surface area contributed by atoms with E-state index in [-0.39, 0.29) is 6.09 Å². The standard InChI is InChI=1S/C16H21BrN2O2/c1-11-9-13(17)12-5-7-19(14(12)10-11)8-6-18-15(20)21-16(2,3)4/h5,7,9-10H,6,8H2,1-4H3,(H,18,20). The van der Waals surface area contributed by atoms with Crippen molar-refractivity contribution in [3.63, 3.8) is 0 Å². The highest BCUT2D eigenvalue weighted by atomic mass is 79.9. The summed E-state index contributed by atoms with van der Waals surface area (Å²) in [6.07, 6.45) is 1.65. The molecule has 2 aromatic rings. The first-order valence-corrected chi connectivity index (χ1v) is 7.77. The van der Waals surface area contributed by atoms with Gasteiger partial charge in [-0.15, -0.1) is 0 Å². The number of hydrogen-bond acceptors (Lipinski definition) is 2. The highest BCUT2D eigenvalue weighted by molar-refractivity contribution is 9.10. The maximum Gasteiger partial charge on any atom is 0.407 e. The molecule has 114 valence electrons. The number of nitrogens with zero attached hydrogens (tertiary/aromatic N) is 1. The number of benzene rings is 1. The Balaban J connectivity index is 2.00. The third-order valence-corrected chi connectivity index (χ3v) is 3.66. The molecule has 0 fully saturated rings. The summed E-state index contributed by atoms with van der Waals surface area (Å²) in [6.45, 7) is 8.87. The molecule has 0 aliphatic carbocycles. The summed E-state index contributed by atoms with van der Waals surface area (Å²) in [5, 5.41) is 3.96. The Morgan fingerprint density at radius 2 is 2.10 bits per heavy atom. The highest BCUT2D eigenvalue weighted by Crippen LogP contribution is 2.26. The summed E-state index contributed by atoms with van der Waals surface area (Å²) in [6, 6.07) is 6.32. The van der Waals surface area contributed by atoms with Gasteiger partial charge in [-0.1, -0.05) is 15.9 Å². The predicted molar refractivity (Wildman–Crippen MR) is 88.6 cm³/mol. The lowest BCUT2D eigenvalue weighted by atomic mass is 10.2. The van der Waals surface area contributed by atoms with E-state index in [9.17, 15) is 4.79 Å². The van der Waals surface area contributed by atoms with Crippen molar-refractivity contribution in [3.05, 3.63) is 34.4 Å². The van der Waals surface area contributed by atoms with E-state index >= 15 is 0 Å². The van der Waals surface area contributed by atoms with Crippen molar-refractivity contribution in [2.75, 3.05) is 6.54 Å². The monoisotopic (exact) mass is 352 g/mol. The van der Waals surface area contributed by atoms with E-state index in [0.717, 1.165) is 9.99 Å². The second-order valence-electron chi connectivity index (χ2n) is 6.12. The van der Waals surface area contributed by atoms with Gasteiger partial charge in [0.05, 0.1) is 0 Å². The number of carbonyl (C=O) groups excluding carboxylic acids is 1. The topological polar surface area (TPSA) is 43.3 Å². The molecule has 21 heavy (non-hydrogen) atoms. The van der Waals surface area contributed by atoms with Crippen LogP contribution >= 0.6 is 15.9 Å². The molecule has 0 bridgehead atoms. The van der Waals surface area contributed by atoms with Crippen molar-refractivity contribution in [1.29, 1.82) is 0 Å². The van der Waals surface area contributed by atoms with Gasteiger partial charge < -0.3 is 14.6 Å². The van der Waals surface area contributed by atoms with E-state index in [1.807, 2.05) is 27.0 Å². The van der Waals surface area contributed by atoms with E-state index in [1.165, 1.54) is 10.9 Å². The second-order valence-corrected chi connectivity index (χ2v) is 6.97.